The lowest BCUT2D eigenvalue weighted by Gasteiger charge is -2.15. The second-order valence-electron chi connectivity index (χ2n) is 8.75. The predicted octanol–water partition coefficient (Wildman–Crippen LogP) is 7.39. The highest BCUT2D eigenvalue weighted by Crippen LogP contribution is 2.31. The molecule has 4 aromatic rings. The minimum absolute atomic E-state index is 0. The van der Waals surface area contributed by atoms with Gasteiger partial charge in [-0.3, -0.25) is 14.9 Å². The molecule has 6 heteroatoms. The number of carbonyl (C=O) groups excluding carboxylic acids is 1. The Labute approximate surface area is 216 Å². The normalized spacial score (nSPS) is 11.4. The van der Waals surface area contributed by atoms with Crippen molar-refractivity contribution < 1.29 is 11.0 Å². The Morgan fingerprint density at radius 3 is 2.56 bits per heavy atom. The number of amides is 1. The summed E-state index contributed by atoms with van der Waals surface area (Å²) in [4.78, 5) is 16.0. The monoisotopic (exact) mass is 488 g/mol. The maximum absolute atomic E-state index is 11.7. The van der Waals surface area contributed by atoms with Crippen LogP contribution < -0.4 is 10.1 Å². The molecule has 0 saturated carbocycles. The molecule has 0 aliphatic rings. The predicted molar refractivity (Wildman–Crippen MR) is 150 cm³/mol. The first-order valence-corrected chi connectivity index (χ1v) is 12.9. The van der Waals surface area contributed by atoms with Gasteiger partial charge in [-0.1, -0.05) is 63.4 Å². The highest BCUT2D eigenvalue weighted by atomic mass is 16.5. The number of H-pyrrole nitrogens is 1. The summed E-state index contributed by atoms with van der Waals surface area (Å²) < 4.78 is 5.65. The van der Waals surface area contributed by atoms with Crippen LogP contribution in [0.3, 0.4) is 0 Å². The van der Waals surface area contributed by atoms with Crippen LogP contribution in [0.4, 0.5) is 0 Å². The van der Waals surface area contributed by atoms with Crippen LogP contribution in [-0.4, -0.2) is 34.7 Å². The van der Waals surface area contributed by atoms with Crippen LogP contribution in [0.2, 0.25) is 0 Å². The van der Waals surface area contributed by atoms with E-state index in [9.17, 15) is 4.79 Å². The maximum atomic E-state index is 11.7. The highest BCUT2D eigenvalue weighted by Gasteiger charge is 2.14. The van der Waals surface area contributed by atoms with E-state index in [1.165, 1.54) is 43.2 Å². The standard InChI is InChI=1S/C16H17NO2.C14H21N3.H2/c1-3-19-15-11-13(16(18)17-2)9-10-14(15)12-7-5-4-6-8-12;1-3-5-6-7-11(4-2)13-10-15-8-12-9-16-17-14(12)13;/h4-11H,3H2,1-2H3,(H,17,18);8-11H,3-7H2,1-2H3,(H,16,17);1H/t;11-;/m.1./s1. The minimum Gasteiger partial charge on any atom is -0.493 e. The number of aromatic nitrogens is 3. The summed E-state index contributed by atoms with van der Waals surface area (Å²) in [6.45, 7) is 7.00. The zero-order valence-electron chi connectivity index (χ0n) is 21.9. The van der Waals surface area contributed by atoms with Crippen molar-refractivity contribution in [2.45, 2.75) is 58.8 Å². The molecule has 2 aromatic heterocycles. The van der Waals surface area contributed by atoms with Crippen LogP contribution >= 0.6 is 0 Å². The van der Waals surface area contributed by atoms with Gasteiger partial charge in [0, 0.05) is 37.4 Å². The summed E-state index contributed by atoms with van der Waals surface area (Å²) in [6, 6.07) is 15.5. The number of rotatable bonds is 10. The molecule has 1 amide bonds. The number of nitrogens with zero attached hydrogens (tertiary/aromatic N) is 2. The molecule has 0 spiro atoms. The summed E-state index contributed by atoms with van der Waals surface area (Å²) >= 11 is 0. The van der Waals surface area contributed by atoms with Gasteiger partial charge in [0.05, 0.1) is 18.3 Å². The van der Waals surface area contributed by atoms with Gasteiger partial charge in [-0.15, -0.1) is 0 Å². The topological polar surface area (TPSA) is 79.9 Å². The van der Waals surface area contributed by atoms with E-state index in [0.29, 0.717) is 18.1 Å². The van der Waals surface area contributed by atoms with Gasteiger partial charge in [-0.05, 0) is 55.0 Å². The van der Waals surface area contributed by atoms with Gasteiger partial charge in [0.2, 0.25) is 0 Å². The van der Waals surface area contributed by atoms with E-state index in [4.69, 9.17) is 4.74 Å². The zero-order valence-corrected chi connectivity index (χ0v) is 21.9. The van der Waals surface area contributed by atoms with Crippen molar-refractivity contribution in [3.8, 4) is 16.9 Å². The van der Waals surface area contributed by atoms with Gasteiger partial charge in [0.1, 0.15) is 5.75 Å². The number of benzene rings is 2. The largest absolute Gasteiger partial charge is 0.493 e. The van der Waals surface area contributed by atoms with E-state index < -0.39 is 0 Å². The third-order valence-electron chi connectivity index (χ3n) is 6.33. The first kappa shape index (κ1) is 26.9. The molecular weight excluding hydrogens is 448 g/mol. The van der Waals surface area contributed by atoms with Gasteiger partial charge >= 0.3 is 0 Å². The van der Waals surface area contributed by atoms with Gasteiger partial charge in [-0.25, -0.2) is 0 Å². The van der Waals surface area contributed by atoms with Crippen molar-refractivity contribution in [1.29, 1.82) is 0 Å². The van der Waals surface area contributed by atoms with Gasteiger partial charge in [-0.2, -0.15) is 5.10 Å². The smallest absolute Gasteiger partial charge is 0.251 e. The van der Waals surface area contributed by atoms with E-state index in [2.05, 4.69) is 34.3 Å². The van der Waals surface area contributed by atoms with Gasteiger partial charge < -0.3 is 10.1 Å². The Bertz CT molecular complexity index is 1230. The van der Waals surface area contributed by atoms with Crippen molar-refractivity contribution in [3.63, 3.8) is 0 Å². The lowest BCUT2D eigenvalue weighted by Crippen LogP contribution is -2.17. The van der Waals surface area contributed by atoms with E-state index >= 15 is 0 Å². The Hall–Kier alpha value is -3.67. The zero-order chi connectivity index (χ0) is 25.8. The molecule has 36 heavy (non-hydrogen) atoms. The number of fused-ring (bicyclic) bond motifs is 1. The lowest BCUT2D eigenvalue weighted by molar-refractivity contribution is 0.0962. The maximum Gasteiger partial charge on any atom is 0.251 e. The summed E-state index contributed by atoms with van der Waals surface area (Å²) in [5, 5.41) is 11.0. The second kappa shape index (κ2) is 14.0. The SMILES string of the molecule is CCCCC[C@@H](CC)c1cncc2cn[nH]c12.CCOc1cc(C(=O)NC)ccc1-c1ccccc1.[HH]. The van der Waals surface area contributed by atoms with E-state index in [1.807, 2.05) is 68.0 Å². The second-order valence-corrected chi connectivity index (χ2v) is 8.75. The molecular formula is C30H40N4O2. The Balaban J connectivity index is 0.000000255. The Morgan fingerprint density at radius 2 is 1.86 bits per heavy atom. The number of aromatic amines is 1. The summed E-state index contributed by atoms with van der Waals surface area (Å²) in [6.07, 6.45) is 12.1. The Morgan fingerprint density at radius 1 is 1.06 bits per heavy atom. The molecule has 0 radical (unpaired) electrons. The molecule has 192 valence electrons. The van der Waals surface area contributed by atoms with Crippen molar-refractivity contribution in [2.24, 2.45) is 0 Å². The summed E-state index contributed by atoms with van der Waals surface area (Å²) in [5.74, 6) is 1.23. The highest BCUT2D eigenvalue weighted by molar-refractivity contribution is 5.95. The lowest BCUT2D eigenvalue weighted by atomic mass is 9.91. The van der Waals surface area contributed by atoms with Crippen LogP contribution in [0.15, 0.2) is 67.1 Å². The molecule has 6 nitrogen and oxygen atoms in total. The molecule has 0 aliphatic heterocycles. The van der Waals surface area contributed by atoms with Crippen LogP contribution in [0, 0.1) is 0 Å². The number of unbranched alkanes of at least 4 members (excludes halogenated alkanes) is 2. The van der Waals surface area contributed by atoms with Gasteiger partial charge in [0.15, 0.2) is 0 Å². The average Bonchev–Trinajstić information content (AvgIpc) is 3.41. The van der Waals surface area contributed by atoms with Crippen LogP contribution in [0.1, 0.15) is 76.1 Å². The molecule has 4 rings (SSSR count). The number of hydrogen-bond donors (Lipinski definition) is 2. The van der Waals surface area contributed by atoms with Crippen molar-refractivity contribution in [3.05, 3.63) is 78.2 Å². The van der Waals surface area contributed by atoms with Crippen molar-refractivity contribution in [2.75, 3.05) is 13.7 Å². The number of carbonyl (C=O) groups is 1. The first-order chi connectivity index (χ1) is 17.6. The van der Waals surface area contributed by atoms with E-state index in [0.717, 1.165) is 22.3 Å². The third-order valence-corrected chi connectivity index (χ3v) is 6.33. The summed E-state index contributed by atoms with van der Waals surface area (Å²) in [7, 11) is 1.62. The van der Waals surface area contributed by atoms with Crippen LogP contribution in [-0.2, 0) is 0 Å². The van der Waals surface area contributed by atoms with Gasteiger partial charge in [0.25, 0.3) is 5.91 Å². The Kier molecular flexibility index (Phi) is 10.5. The summed E-state index contributed by atoms with van der Waals surface area (Å²) in [5.41, 5.74) is 5.18. The minimum atomic E-state index is -0.111. The number of hydrogen-bond acceptors (Lipinski definition) is 4. The molecule has 2 aromatic carbocycles. The number of pyridine rings is 1. The van der Waals surface area contributed by atoms with Crippen LogP contribution in [0.25, 0.3) is 22.0 Å². The quantitative estimate of drug-likeness (QED) is 0.228. The molecule has 0 saturated heterocycles. The van der Waals surface area contributed by atoms with Crippen molar-refractivity contribution in [1.82, 2.24) is 20.5 Å². The fourth-order valence-corrected chi connectivity index (χ4v) is 4.36. The van der Waals surface area contributed by atoms with Crippen molar-refractivity contribution >= 4 is 16.8 Å². The van der Waals surface area contributed by atoms with Crippen LogP contribution in [0.5, 0.6) is 5.75 Å². The molecule has 0 aliphatic carbocycles. The molecule has 0 unspecified atom stereocenters. The average molecular weight is 489 g/mol. The molecule has 2 N–H and O–H groups in total. The fraction of sp³-hybridized carbons (Fsp3) is 0.367. The number of nitrogens with one attached hydrogen (secondary N) is 2. The molecule has 2 heterocycles. The van der Waals surface area contributed by atoms with E-state index in [1.54, 1.807) is 13.1 Å². The first-order valence-electron chi connectivity index (χ1n) is 12.9. The molecule has 1 atom stereocenters. The molecule has 0 bridgehead atoms. The third kappa shape index (κ3) is 6.94. The number of ether oxygens (including phenoxy) is 1. The fourth-order valence-electron chi connectivity index (χ4n) is 4.36. The molecule has 0 fully saturated rings. The van der Waals surface area contributed by atoms with E-state index in [-0.39, 0.29) is 7.33 Å².